The van der Waals surface area contributed by atoms with Gasteiger partial charge in [0.1, 0.15) is 0 Å². The lowest BCUT2D eigenvalue weighted by atomic mass is 10.1. The van der Waals surface area contributed by atoms with E-state index in [9.17, 15) is 8.42 Å². The first-order chi connectivity index (χ1) is 11.0. The van der Waals surface area contributed by atoms with Crippen molar-refractivity contribution >= 4 is 15.7 Å². The summed E-state index contributed by atoms with van der Waals surface area (Å²) in [4.78, 5) is 2.62. The topological polar surface area (TPSA) is 40.6 Å². The van der Waals surface area contributed by atoms with E-state index < -0.39 is 10.0 Å². The van der Waals surface area contributed by atoms with Crippen LogP contribution in [0.1, 0.15) is 13.8 Å². The number of rotatable bonds is 3. The van der Waals surface area contributed by atoms with E-state index in [1.54, 1.807) is 28.6 Å². The van der Waals surface area contributed by atoms with E-state index in [0.717, 1.165) is 5.69 Å². The zero-order valence-electron chi connectivity index (χ0n) is 13.5. The number of anilines is 1. The minimum atomic E-state index is -3.46. The van der Waals surface area contributed by atoms with E-state index in [-0.39, 0.29) is 12.1 Å². The summed E-state index contributed by atoms with van der Waals surface area (Å²) in [5.41, 5.74) is 1.14. The molecule has 122 valence electrons. The Morgan fingerprint density at radius 2 is 1.30 bits per heavy atom. The zero-order chi connectivity index (χ0) is 16.4. The van der Waals surface area contributed by atoms with Gasteiger partial charge >= 0.3 is 0 Å². The Morgan fingerprint density at radius 3 is 1.83 bits per heavy atom. The molecule has 23 heavy (non-hydrogen) atoms. The molecule has 1 aliphatic heterocycles. The molecule has 1 fully saturated rings. The lowest BCUT2D eigenvalue weighted by Gasteiger charge is -2.44. The van der Waals surface area contributed by atoms with Crippen LogP contribution in [0.25, 0.3) is 0 Å². The third-order valence-corrected chi connectivity index (χ3v) is 6.42. The van der Waals surface area contributed by atoms with E-state index in [2.05, 4.69) is 17.0 Å². The Balaban J connectivity index is 1.86. The molecule has 0 saturated carbocycles. The third-order valence-electron chi connectivity index (χ3n) is 4.28. The van der Waals surface area contributed by atoms with E-state index in [1.165, 1.54) is 0 Å². The summed E-state index contributed by atoms with van der Waals surface area (Å²) in [5.74, 6) is 0. The summed E-state index contributed by atoms with van der Waals surface area (Å²) in [6.45, 7) is 5.35. The second-order valence-electron chi connectivity index (χ2n) is 6.09. The monoisotopic (exact) mass is 330 g/mol. The summed E-state index contributed by atoms with van der Waals surface area (Å²) < 4.78 is 27.6. The Hall–Kier alpha value is -1.85. The Morgan fingerprint density at radius 1 is 0.826 bits per heavy atom. The lowest BCUT2D eigenvalue weighted by molar-refractivity contribution is 0.241. The van der Waals surface area contributed by atoms with E-state index in [0.29, 0.717) is 18.0 Å². The van der Waals surface area contributed by atoms with Gasteiger partial charge in [0.2, 0.25) is 10.0 Å². The molecule has 0 bridgehead atoms. The van der Waals surface area contributed by atoms with Crippen LogP contribution in [0, 0.1) is 0 Å². The molecule has 2 aromatic rings. The maximum atomic E-state index is 13.0. The number of para-hydroxylation sites is 1. The molecule has 2 unspecified atom stereocenters. The highest BCUT2D eigenvalue weighted by Crippen LogP contribution is 2.27. The van der Waals surface area contributed by atoms with Crippen LogP contribution in [-0.2, 0) is 10.0 Å². The average molecular weight is 330 g/mol. The van der Waals surface area contributed by atoms with Gasteiger partial charge in [0.05, 0.1) is 4.90 Å². The molecule has 0 radical (unpaired) electrons. The normalized spacial score (nSPS) is 23.0. The maximum Gasteiger partial charge on any atom is 0.243 e. The smallest absolute Gasteiger partial charge is 0.243 e. The van der Waals surface area contributed by atoms with Crippen LogP contribution in [0.15, 0.2) is 65.6 Å². The maximum absolute atomic E-state index is 13.0. The molecule has 1 aliphatic rings. The molecule has 0 amide bonds. The van der Waals surface area contributed by atoms with Gasteiger partial charge in [0.15, 0.2) is 0 Å². The fraction of sp³-hybridized carbons (Fsp3) is 0.333. The fourth-order valence-corrected chi connectivity index (χ4v) is 5.17. The molecule has 0 spiro atoms. The van der Waals surface area contributed by atoms with Crippen LogP contribution >= 0.6 is 0 Å². The summed E-state index contributed by atoms with van der Waals surface area (Å²) in [6, 6.07) is 18.7. The second-order valence-corrected chi connectivity index (χ2v) is 7.93. The highest BCUT2D eigenvalue weighted by atomic mass is 32.2. The fourth-order valence-electron chi connectivity index (χ4n) is 3.35. The molecule has 2 aromatic carbocycles. The second kappa shape index (κ2) is 6.34. The minimum Gasteiger partial charge on any atom is -0.368 e. The lowest BCUT2D eigenvalue weighted by Crippen LogP contribution is -2.58. The first kappa shape index (κ1) is 16.0. The third kappa shape index (κ3) is 3.12. The van der Waals surface area contributed by atoms with Gasteiger partial charge in [-0.3, -0.25) is 0 Å². The van der Waals surface area contributed by atoms with Gasteiger partial charge in [-0.2, -0.15) is 4.31 Å². The number of hydrogen-bond donors (Lipinski definition) is 0. The number of sulfonamides is 1. The van der Waals surface area contributed by atoms with Crippen LogP contribution in [0.2, 0.25) is 0 Å². The van der Waals surface area contributed by atoms with Gasteiger partial charge < -0.3 is 4.90 Å². The van der Waals surface area contributed by atoms with Crippen LogP contribution in [0.3, 0.4) is 0 Å². The van der Waals surface area contributed by atoms with Gasteiger partial charge in [-0.05, 0) is 38.1 Å². The quantitative estimate of drug-likeness (QED) is 0.869. The summed E-state index contributed by atoms with van der Waals surface area (Å²) >= 11 is 0. The van der Waals surface area contributed by atoms with Crippen LogP contribution in [-0.4, -0.2) is 37.9 Å². The summed E-state index contributed by atoms with van der Waals surface area (Å²) in [7, 11) is -3.46. The van der Waals surface area contributed by atoms with Crippen molar-refractivity contribution in [1.29, 1.82) is 0 Å². The predicted molar refractivity (Wildman–Crippen MR) is 93.0 cm³/mol. The first-order valence-corrected chi connectivity index (χ1v) is 9.33. The Kier molecular flexibility index (Phi) is 4.41. The summed E-state index contributed by atoms with van der Waals surface area (Å²) in [5, 5.41) is 0. The van der Waals surface area contributed by atoms with Gasteiger partial charge in [-0.1, -0.05) is 36.4 Å². The molecule has 1 saturated heterocycles. The molecule has 0 aromatic heterocycles. The molecule has 5 heteroatoms. The highest BCUT2D eigenvalue weighted by Gasteiger charge is 2.38. The summed E-state index contributed by atoms with van der Waals surface area (Å²) in [6.07, 6.45) is 0. The molecule has 0 aliphatic carbocycles. The average Bonchev–Trinajstić information content (AvgIpc) is 2.55. The van der Waals surface area contributed by atoms with Gasteiger partial charge in [0.25, 0.3) is 0 Å². The molecule has 1 heterocycles. The van der Waals surface area contributed by atoms with Crippen molar-refractivity contribution in [3.05, 3.63) is 60.7 Å². The van der Waals surface area contributed by atoms with Crippen molar-refractivity contribution in [3.8, 4) is 0 Å². The number of nitrogens with zero attached hydrogens (tertiary/aromatic N) is 2. The highest BCUT2D eigenvalue weighted by molar-refractivity contribution is 7.89. The molecule has 0 N–H and O–H groups in total. The van der Waals surface area contributed by atoms with Crippen LogP contribution in [0.5, 0.6) is 0 Å². The Labute approximate surface area is 138 Å². The van der Waals surface area contributed by atoms with E-state index >= 15 is 0 Å². The molecular weight excluding hydrogens is 308 g/mol. The van der Waals surface area contributed by atoms with Crippen molar-refractivity contribution in [2.24, 2.45) is 0 Å². The standard InChI is InChI=1S/C18H22N2O2S/c1-15-13-19(17-9-5-3-6-10-17)14-16(2)20(15)23(21,22)18-11-7-4-8-12-18/h3-12,15-16H,13-14H2,1-2H3. The SMILES string of the molecule is CC1CN(c2ccccc2)CC(C)N1S(=O)(=O)c1ccccc1. The minimum absolute atomic E-state index is 0.0795. The zero-order valence-corrected chi connectivity index (χ0v) is 14.3. The number of benzene rings is 2. The van der Waals surface area contributed by atoms with Crippen LogP contribution in [0.4, 0.5) is 5.69 Å². The van der Waals surface area contributed by atoms with Gasteiger partial charge in [0, 0.05) is 30.9 Å². The molecule has 2 atom stereocenters. The first-order valence-electron chi connectivity index (χ1n) is 7.89. The van der Waals surface area contributed by atoms with Crippen molar-refractivity contribution in [2.45, 2.75) is 30.8 Å². The van der Waals surface area contributed by atoms with Crippen LogP contribution < -0.4 is 4.90 Å². The molecule has 3 rings (SSSR count). The Bertz CT molecular complexity index is 735. The van der Waals surface area contributed by atoms with Crippen molar-refractivity contribution in [3.63, 3.8) is 0 Å². The predicted octanol–water partition coefficient (Wildman–Crippen LogP) is 2.97. The number of piperazine rings is 1. The van der Waals surface area contributed by atoms with E-state index in [4.69, 9.17) is 0 Å². The van der Waals surface area contributed by atoms with Gasteiger partial charge in [-0.15, -0.1) is 0 Å². The van der Waals surface area contributed by atoms with Crippen molar-refractivity contribution < 1.29 is 8.42 Å². The van der Waals surface area contributed by atoms with Crippen molar-refractivity contribution in [2.75, 3.05) is 18.0 Å². The van der Waals surface area contributed by atoms with Gasteiger partial charge in [-0.25, -0.2) is 8.42 Å². The van der Waals surface area contributed by atoms with E-state index in [1.807, 2.05) is 38.1 Å². The molecule has 4 nitrogen and oxygen atoms in total. The largest absolute Gasteiger partial charge is 0.368 e. The van der Waals surface area contributed by atoms with Crippen molar-refractivity contribution in [1.82, 2.24) is 4.31 Å². The number of hydrogen-bond acceptors (Lipinski definition) is 3. The molecular formula is C18H22N2O2S.